The number of hydrogen-bond donors (Lipinski definition) is 1. The highest BCUT2D eigenvalue weighted by Gasteiger charge is 2.33. The van der Waals surface area contributed by atoms with E-state index in [-0.39, 0.29) is 5.69 Å². The number of halogens is 3. The van der Waals surface area contributed by atoms with Gasteiger partial charge in [-0.2, -0.15) is 18.3 Å². The number of aryl methyl sites for hydroxylation is 1. The Balaban J connectivity index is 1.56. The van der Waals surface area contributed by atoms with Crippen molar-refractivity contribution in [3.05, 3.63) is 53.5 Å². The molecule has 0 radical (unpaired) electrons. The normalized spacial score (nSPS) is 19.2. The highest BCUT2D eigenvalue weighted by molar-refractivity contribution is 6.04. The molecule has 1 aliphatic carbocycles. The smallest absolute Gasteiger partial charge is 0.320 e. The molecule has 0 bridgehead atoms. The molecule has 0 aliphatic heterocycles. The lowest BCUT2D eigenvalue weighted by Crippen LogP contribution is -2.21. The van der Waals surface area contributed by atoms with Gasteiger partial charge in [0.2, 0.25) is 0 Å². The van der Waals surface area contributed by atoms with Gasteiger partial charge in [0.15, 0.2) is 0 Å². The van der Waals surface area contributed by atoms with Crippen LogP contribution in [0.5, 0.6) is 0 Å². The van der Waals surface area contributed by atoms with Crippen LogP contribution in [0.4, 0.5) is 18.9 Å². The molecule has 1 saturated carbocycles. The predicted octanol–water partition coefficient (Wildman–Crippen LogP) is 6.65. The molecule has 176 valence electrons. The van der Waals surface area contributed by atoms with E-state index in [0.717, 1.165) is 41.3 Å². The zero-order valence-electron chi connectivity index (χ0n) is 19.1. The molecule has 2 aromatic heterocycles. The van der Waals surface area contributed by atoms with Gasteiger partial charge < -0.3 is 5.32 Å². The average Bonchev–Trinajstić information content (AvgIpc) is 3.21. The molecule has 3 aromatic rings. The number of fused-ring (bicyclic) bond motifs is 1. The lowest BCUT2D eigenvalue weighted by molar-refractivity contribution is -0.141. The Kier molecular flexibility index (Phi) is 6.45. The molecule has 1 aliphatic rings. The molecule has 1 aromatic carbocycles. The Morgan fingerprint density at radius 3 is 2.55 bits per heavy atom. The first-order chi connectivity index (χ1) is 15.7. The minimum Gasteiger partial charge on any atom is -0.320 e. The SMILES string of the molecule is CCc1cc2nn(C3CCC(C(C)C)CC3)cc2cc1NC(=O)c1cccc(C(F)(F)F)n1. The van der Waals surface area contributed by atoms with Crippen LogP contribution in [0.1, 0.15) is 74.2 Å². The highest BCUT2D eigenvalue weighted by Crippen LogP contribution is 2.36. The molecule has 33 heavy (non-hydrogen) atoms. The number of rotatable bonds is 5. The molecule has 2 heterocycles. The van der Waals surface area contributed by atoms with Crippen LogP contribution in [-0.2, 0) is 12.6 Å². The number of alkyl halides is 3. The number of benzene rings is 1. The van der Waals surface area contributed by atoms with Crippen LogP contribution < -0.4 is 5.32 Å². The zero-order valence-corrected chi connectivity index (χ0v) is 19.1. The third kappa shape index (κ3) is 5.04. The Morgan fingerprint density at radius 2 is 1.91 bits per heavy atom. The summed E-state index contributed by atoms with van der Waals surface area (Å²) in [5, 5.41) is 8.44. The van der Waals surface area contributed by atoms with Crippen molar-refractivity contribution in [2.75, 3.05) is 5.32 Å². The Hall–Kier alpha value is -2.90. The van der Waals surface area contributed by atoms with Gasteiger partial charge in [-0.05, 0) is 73.8 Å². The van der Waals surface area contributed by atoms with Crippen LogP contribution in [0.25, 0.3) is 10.9 Å². The van der Waals surface area contributed by atoms with E-state index < -0.39 is 17.8 Å². The van der Waals surface area contributed by atoms with Gasteiger partial charge in [0.25, 0.3) is 5.91 Å². The van der Waals surface area contributed by atoms with Gasteiger partial charge in [-0.25, -0.2) is 4.98 Å². The van der Waals surface area contributed by atoms with Crippen molar-refractivity contribution in [1.29, 1.82) is 0 Å². The second-order valence-electron chi connectivity index (χ2n) is 9.20. The van der Waals surface area contributed by atoms with E-state index in [1.54, 1.807) is 0 Å². The molecule has 8 heteroatoms. The first kappa shape index (κ1) is 23.3. The van der Waals surface area contributed by atoms with E-state index >= 15 is 0 Å². The van der Waals surface area contributed by atoms with Gasteiger partial charge in [-0.1, -0.05) is 26.8 Å². The fraction of sp³-hybridized carbons (Fsp3) is 0.480. The molecule has 1 amide bonds. The van der Waals surface area contributed by atoms with Gasteiger partial charge in [-0.3, -0.25) is 9.48 Å². The van der Waals surface area contributed by atoms with Crippen molar-refractivity contribution >= 4 is 22.5 Å². The van der Waals surface area contributed by atoms with E-state index in [2.05, 4.69) is 24.1 Å². The summed E-state index contributed by atoms with van der Waals surface area (Å²) in [7, 11) is 0. The number of carbonyl (C=O) groups is 1. The summed E-state index contributed by atoms with van der Waals surface area (Å²) in [5.74, 6) is 0.797. The lowest BCUT2D eigenvalue weighted by Gasteiger charge is -2.30. The number of nitrogens with zero attached hydrogens (tertiary/aromatic N) is 3. The number of anilines is 1. The second-order valence-corrected chi connectivity index (χ2v) is 9.20. The van der Waals surface area contributed by atoms with Crippen molar-refractivity contribution in [3.8, 4) is 0 Å². The molecule has 1 fully saturated rings. The van der Waals surface area contributed by atoms with E-state index in [1.807, 2.05) is 29.9 Å². The number of pyridine rings is 1. The van der Waals surface area contributed by atoms with E-state index in [4.69, 9.17) is 5.10 Å². The Bertz CT molecular complexity index is 1140. The highest BCUT2D eigenvalue weighted by atomic mass is 19.4. The number of nitrogens with one attached hydrogen (secondary N) is 1. The second kappa shape index (κ2) is 9.15. The zero-order chi connectivity index (χ0) is 23.8. The van der Waals surface area contributed by atoms with Crippen molar-refractivity contribution in [2.45, 2.75) is 65.1 Å². The molecule has 0 spiro atoms. The molecule has 0 atom stereocenters. The van der Waals surface area contributed by atoms with Gasteiger partial charge in [0.05, 0.1) is 11.6 Å². The van der Waals surface area contributed by atoms with Gasteiger partial charge >= 0.3 is 6.18 Å². The molecule has 5 nitrogen and oxygen atoms in total. The van der Waals surface area contributed by atoms with Crippen LogP contribution in [0.2, 0.25) is 0 Å². The standard InChI is InChI=1S/C25H29F3N4O/c1-4-16-12-22-18(14-32(31-22)19-10-8-17(9-11-19)15(2)3)13-21(16)30-24(33)20-6-5-7-23(29-20)25(26,27)28/h5-7,12-15,17,19H,4,8-11H2,1-3H3,(H,30,33). The maximum absolute atomic E-state index is 13.0. The fourth-order valence-electron chi connectivity index (χ4n) is 4.67. The third-order valence-corrected chi connectivity index (χ3v) is 6.71. The van der Waals surface area contributed by atoms with Crippen molar-refractivity contribution in [2.24, 2.45) is 11.8 Å². The van der Waals surface area contributed by atoms with Crippen molar-refractivity contribution in [1.82, 2.24) is 14.8 Å². The average molecular weight is 459 g/mol. The predicted molar refractivity (Wildman–Crippen MR) is 122 cm³/mol. The van der Waals surface area contributed by atoms with Crippen LogP contribution in [-0.4, -0.2) is 20.7 Å². The fourth-order valence-corrected chi connectivity index (χ4v) is 4.67. The first-order valence-electron chi connectivity index (χ1n) is 11.5. The Morgan fingerprint density at radius 1 is 1.18 bits per heavy atom. The summed E-state index contributed by atoms with van der Waals surface area (Å²) < 4.78 is 40.9. The van der Waals surface area contributed by atoms with Crippen LogP contribution in [0, 0.1) is 11.8 Å². The summed E-state index contributed by atoms with van der Waals surface area (Å²) in [6.07, 6.45) is 2.65. The largest absolute Gasteiger partial charge is 0.433 e. The van der Waals surface area contributed by atoms with Gasteiger partial charge in [-0.15, -0.1) is 0 Å². The lowest BCUT2D eigenvalue weighted by atomic mass is 9.80. The molecule has 1 N–H and O–H groups in total. The minimum absolute atomic E-state index is 0.274. The maximum atomic E-state index is 13.0. The summed E-state index contributed by atoms with van der Waals surface area (Å²) in [6.45, 7) is 6.53. The number of aromatic nitrogens is 3. The number of carbonyl (C=O) groups excluding carboxylic acids is 1. The summed E-state index contributed by atoms with van der Waals surface area (Å²) in [5.41, 5.74) is 0.932. The monoisotopic (exact) mass is 458 g/mol. The van der Waals surface area contributed by atoms with Crippen molar-refractivity contribution < 1.29 is 18.0 Å². The molecule has 0 unspecified atom stereocenters. The van der Waals surface area contributed by atoms with Crippen LogP contribution in [0.3, 0.4) is 0 Å². The van der Waals surface area contributed by atoms with Crippen LogP contribution >= 0.6 is 0 Å². The quantitative estimate of drug-likeness (QED) is 0.466. The van der Waals surface area contributed by atoms with Gasteiger partial charge in [0, 0.05) is 17.3 Å². The van der Waals surface area contributed by atoms with E-state index in [9.17, 15) is 18.0 Å². The van der Waals surface area contributed by atoms with E-state index in [1.165, 1.54) is 25.0 Å². The first-order valence-corrected chi connectivity index (χ1v) is 11.5. The summed E-state index contributed by atoms with van der Waals surface area (Å²) >= 11 is 0. The molecule has 4 rings (SSSR count). The molecular weight excluding hydrogens is 429 g/mol. The topological polar surface area (TPSA) is 59.8 Å². The van der Waals surface area contributed by atoms with Gasteiger partial charge in [0.1, 0.15) is 11.4 Å². The van der Waals surface area contributed by atoms with Crippen molar-refractivity contribution in [3.63, 3.8) is 0 Å². The molecular formula is C25H29F3N4O. The maximum Gasteiger partial charge on any atom is 0.433 e. The molecule has 0 saturated heterocycles. The third-order valence-electron chi connectivity index (χ3n) is 6.71. The summed E-state index contributed by atoms with van der Waals surface area (Å²) in [4.78, 5) is 16.2. The van der Waals surface area contributed by atoms with E-state index in [0.29, 0.717) is 24.1 Å². The number of hydrogen-bond acceptors (Lipinski definition) is 3. The summed E-state index contributed by atoms with van der Waals surface area (Å²) in [6, 6.07) is 7.48. The van der Waals surface area contributed by atoms with Crippen LogP contribution in [0.15, 0.2) is 36.5 Å². The minimum atomic E-state index is -4.60. The Labute approximate surface area is 191 Å². The number of amides is 1.